The van der Waals surface area contributed by atoms with Gasteiger partial charge in [-0.15, -0.1) is 0 Å². The van der Waals surface area contributed by atoms with Gasteiger partial charge in [-0.25, -0.2) is 0 Å². The van der Waals surface area contributed by atoms with Crippen LogP contribution in [-0.4, -0.2) is 51.8 Å². The van der Waals surface area contributed by atoms with Gasteiger partial charge in [0.1, 0.15) is 5.60 Å². The molecule has 166 valence electrons. The third-order valence-electron chi connectivity index (χ3n) is 8.19. The Kier molecular flexibility index (Phi) is 5.27. The third kappa shape index (κ3) is 3.64. The zero-order chi connectivity index (χ0) is 21.5. The molecule has 6 heteroatoms. The Hall–Kier alpha value is -2.37. The maximum atomic E-state index is 13.5. The minimum atomic E-state index is -0.565. The molecule has 6 nitrogen and oxygen atoms in total. The number of nitrogens with zero attached hydrogens (tertiary/aromatic N) is 2. The Morgan fingerprint density at radius 1 is 0.968 bits per heavy atom. The molecule has 2 spiro atoms. The van der Waals surface area contributed by atoms with E-state index in [9.17, 15) is 14.4 Å². The molecule has 5 rings (SSSR count). The average Bonchev–Trinajstić information content (AvgIpc) is 3.26. The number of esters is 1. The lowest BCUT2D eigenvalue weighted by atomic mass is 9.74. The summed E-state index contributed by atoms with van der Waals surface area (Å²) in [5.41, 5.74) is 0.440. The summed E-state index contributed by atoms with van der Waals surface area (Å²) in [6.45, 7) is 1.94. The van der Waals surface area contributed by atoms with Crippen molar-refractivity contribution in [3.05, 3.63) is 35.9 Å². The number of rotatable bonds is 3. The number of hydrogen-bond donors (Lipinski definition) is 0. The maximum absolute atomic E-state index is 13.5. The van der Waals surface area contributed by atoms with E-state index in [0.29, 0.717) is 26.1 Å². The number of benzene rings is 1. The molecule has 1 saturated carbocycles. The standard InChI is InChI=1S/C25H32N2O4/c28-21-9-12-24(27(21)18-19-7-3-1-4-8-19)13-15-26(16-14-24)23(30)20-17-22(29)31-25(20)10-5-2-6-11-25/h1,3-4,7-8,20H,2,5-6,9-18H2. The summed E-state index contributed by atoms with van der Waals surface area (Å²) < 4.78 is 5.77. The second-order valence-corrected chi connectivity index (χ2v) is 9.87. The fourth-order valence-corrected chi connectivity index (χ4v) is 6.38. The molecule has 1 aliphatic carbocycles. The Bertz CT molecular complexity index is 854. The molecule has 1 atom stereocenters. The van der Waals surface area contributed by atoms with E-state index in [1.54, 1.807) is 0 Å². The number of ether oxygens (including phenoxy) is 1. The summed E-state index contributed by atoms with van der Waals surface area (Å²) in [6, 6.07) is 10.1. The van der Waals surface area contributed by atoms with Crippen molar-refractivity contribution >= 4 is 17.8 Å². The van der Waals surface area contributed by atoms with Crippen LogP contribution in [0.4, 0.5) is 0 Å². The highest BCUT2D eigenvalue weighted by Crippen LogP contribution is 2.46. The Labute approximate surface area is 183 Å². The fraction of sp³-hybridized carbons (Fsp3) is 0.640. The minimum Gasteiger partial charge on any atom is -0.458 e. The van der Waals surface area contributed by atoms with Crippen LogP contribution >= 0.6 is 0 Å². The van der Waals surface area contributed by atoms with Crippen LogP contribution in [0.5, 0.6) is 0 Å². The zero-order valence-corrected chi connectivity index (χ0v) is 18.2. The third-order valence-corrected chi connectivity index (χ3v) is 8.19. The molecular formula is C25H32N2O4. The highest BCUT2D eigenvalue weighted by molar-refractivity contribution is 5.88. The lowest BCUT2D eigenvalue weighted by Gasteiger charge is -2.46. The van der Waals surface area contributed by atoms with Crippen molar-refractivity contribution in [2.75, 3.05) is 13.1 Å². The van der Waals surface area contributed by atoms with Crippen molar-refractivity contribution in [2.24, 2.45) is 5.92 Å². The first-order valence-electron chi connectivity index (χ1n) is 11.9. The number of carbonyl (C=O) groups excluding carboxylic acids is 3. The first-order valence-corrected chi connectivity index (χ1v) is 11.9. The van der Waals surface area contributed by atoms with Gasteiger partial charge >= 0.3 is 5.97 Å². The Balaban J connectivity index is 1.27. The molecule has 0 N–H and O–H groups in total. The minimum absolute atomic E-state index is 0.0848. The first kappa shape index (κ1) is 20.5. The number of piperidine rings is 1. The van der Waals surface area contributed by atoms with Crippen molar-refractivity contribution in [3.63, 3.8) is 0 Å². The second-order valence-electron chi connectivity index (χ2n) is 9.87. The van der Waals surface area contributed by atoms with E-state index in [1.165, 1.54) is 0 Å². The van der Waals surface area contributed by atoms with Crippen LogP contribution in [-0.2, 0) is 25.7 Å². The summed E-state index contributed by atoms with van der Waals surface area (Å²) in [7, 11) is 0. The van der Waals surface area contributed by atoms with Crippen LogP contribution in [0.2, 0.25) is 0 Å². The lowest BCUT2D eigenvalue weighted by Crippen LogP contribution is -2.56. The molecule has 4 fully saturated rings. The number of carbonyl (C=O) groups is 3. The molecule has 1 aromatic rings. The van der Waals surface area contributed by atoms with Crippen molar-refractivity contribution < 1.29 is 19.1 Å². The van der Waals surface area contributed by atoms with Gasteiger partial charge in [-0.2, -0.15) is 0 Å². The predicted molar refractivity (Wildman–Crippen MR) is 115 cm³/mol. The average molecular weight is 425 g/mol. The summed E-state index contributed by atoms with van der Waals surface area (Å²) in [4.78, 5) is 42.3. The first-order chi connectivity index (χ1) is 15.0. The molecule has 0 bridgehead atoms. The number of amides is 2. The topological polar surface area (TPSA) is 66.9 Å². The molecular weight excluding hydrogens is 392 g/mol. The number of hydrogen-bond acceptors (Lipinski definition) is 4. The summed E-state index contributed by atoms with van der Waals surface area (Å²) in [6.07, 6.45) is 8.13. The van der Waals surface area contributed by atoms with Crippen molar-refractivity contribution in [2.45, 2.75) is 81.9 Å². The molecule has 3 aliphatic heterocycles. The molecule has 3 saturated heterocycles. The van der Waals surface area contributed by atoms with Gasteiger partial charge in [0.15, 0.2) is 0 Å². The smallest absolute Gasteiger partial charge is 0.307 e. The van der Waals surface area contributed by atoms with Gasteiger partial charge in [-0.1, -0.05) is 36.8 Å². The van der Waals surface area contributed by atoms with Gasteiger partial charge in [0.05, 0.1) is 12.3 Å². The van der Waals surface area contributed by atoms with E-state index < -0.39 is 5.60 Å². The molecule has 1 aromatic carbocycles. The van der Waals surface area contributed by atoms with Crippen LogP contribution in [0.15, 0.2) is 30.3 Å². The van der Waals surface area contributed by atoms with Gasteiger partial charge in [0, 0.05) is 31.6 Å². The maximum Gasteiger partial charge on any atom is 0.307 e. The highest BCUT2D eigenvalue weighted by atomic mass is 16.6. The van der Waals surface area contributed by atoms with Crippen LogP contribution in [0.1, 0.15) is 69.8 Å². The zero-order valence-electron chi connectivity index (χ0n) is 18.2. The van der Waals surface area contributed by atoms with Crippen molar-refractivity contribution in [1.82, 2.24) is 9.80 Å². The van der Waals surface area contributed by atoms with Crippen molar-refractivity contribution in [3.8, 4) is 0 Å². The van der Waals surface area contributed by atoms with Gasteiger partial charge in [-0.3, -0.25) is 14.4 Å². The van der Waals surface area contributed by atoms with Crippen LogP contribution in [0, 0.1) is 5.92 Å². The van der Waals surface area contributed by atoms with Crippen LogP contribution in [0.25, 0.3) is 0 Å². The summed E-state index contributed by atoms with van der Waals surface area (Å²) in [5, 5.41) is 0. The normalized spacial score (nSPS) is 27.2. The fourth-order valence-electron chi connectivity index (χ4n) is 6.38. The summed E-state index contributed by atoms with van der Waals surface area (Å²) in [5.74, 6) is -0.245. The van der Waals surface area contributed by atoms with E-state index in [4.69, 9.17) is 4.74 Å². The molecule has 0 radical (unpaired) electrons. The van der Waals surface area contributed by atoms with E-state index in [2.05, 4.69) is 17.0 Å². The molecule has 0 aromatic heterocycles. The van der Waals surface area contributed by atoms with E-state index >= 15 is 0 Å². The molecule has 2 amide bonds. The van der Waals surface area contributed by atoms with Crippen LogP contribution in [0.3, 0.4) is 0 Å². The summed E-state index contributed by atoms with van der Waals surface area (Å²) >= 11 is 0. The predicted octanol–water partition coefficient (Wildman–Crippen LogP) is 3.44. The van der Waals surface area contributed by atoms with E-state index in [-0.39, 0.29) is 35.7 Å². The molecule has 4 aliphatic rings. The SMILES string of the molecule is O=C1CC(C(=O)N2CCC3(CCC(=O)N3Cc3ccccc3)CC2)C2(CCCCC2)O1. The van der Waals surface area contributed by atoms with E-state index in [1.807, 2.05) is 23.1 Å². The quantitative estimate of drug-likeness (QED) is 0.697. The molecule has 31 heavy (non-hydrogen) atoms. The highest BCUT2D eigenvalue weighted by Gasteiger charge is 2.55. The van der Waals surface area contributed by atoms with Gasteiger partial charge in [-0.05, 0) is 50.5 Å². The molecule has 3 heterocycles. The van der Waals surface area contributed by atoms with Gasteiger partial charge in [0.25, 0.3) is 0 Å². The monoisotopic (exact) mass is 424 g/mol. The van der Waals surface area contributed by atoms with Crippen LogP contribution < -0.4 is 0 Å². The largest absolute Gasteiger partial charge is 0.458 e. The number of likely N-dealkylation sites (tertiary alicyclic amines) is 2. The molecule has 1 unspecified atom stereocenters. The Morgan fingerprint density at radius 2 is 1.68 bits per heavy atom. The van der Waals surface area contributed by atoms with E-state index in [0.717, 1.165) is 56.9 Å². The lowest BCUT2D eigenvalue weighted by molar-refractivity contribution is -0.156. The van der Waals surface area contributed by atoms with Crippen molar-refractivity contribution in [1.29, 1.82) is 0 Å². The van der Waals surface area contributed by atoms with Gasteiger partial charge < -0.3 is 14.5 Å². The Morgan fingerprint density at radius 3 is 2.39 bits per heavy atom. The second kappa shape index (κ2) is 7.95. The van der Waals surface area contributed by atoms with Gasteiger partial charge in [0.2, 0.25) is 11.8 Å².